The second-order valence-electron chi connectivity index (χ2n) is 5.42. The SMILES string of the molecule is COC(=O)C(N)(CN(C)CC(C)C)c1ccccc1. The van der Waals surface area contributed by atoms with Crippen molar-refractivity contribution in [3.63, 3.8) is 0 Å². The van der Waals surface area contributed by atoms with E-state index in [-0.39, 0.29) is 0 Å². The Hall–Kier alpha value is -1.39. The monoisotopic (exact) mass is 264 g/mol. The number of likely N-dealkylation sites (N-methyl/N-ethyl adjacent to an activating group) is 1. The lowest BCUT2D eigenvalue weighted by molar-refractivity contribution is -0.148. The number of rotatable bonds is 6. The summed E-state index contributed by atoms with van der Waals surface area (Å²) in [4.78, 5) is 14.1. The zero-order valence-corrected chi connectivity index (χ0v) is 12.2. The van der Waals surface area contributed by atoms with Crippen molar-refractivity contribution in [3.05, 3.63) is 35.9 Å². The molecule has 0 aliphatic rings. The van der Waals surface area contributed by atoms with Gasteiger partial charge >= 0.3 is 5.97 Å². The molecular formula is C15H24N2O2. The summed E-state index contributed by atoms with van der Waals surface area (Å²) in [5.74, 6) is 0.108. The van der Waals surface area contributed by atoms with Gasteiger partial charge in [0.25, 0.3) is 0 Å². The third-order valence-corrected chi connectivity index (χ3v) is 3.03. The number of ether oxygens (including phenoxy) is 1. The fraction of sp³-hybridized carbons (Fsp3) is 0.533. The molecule has 106 valence electrons. The number of carbonyl (C=O) groups excluding carboxylic acids is 1. The van der Waals surface area contributed by atoms with Crippen molar-refractivity contribution in [2.45, 2.75) is 19.4 Å². The molecule has 1 aromatic rings. The Morgan fingerprint density at radius 3 is 2.42 bits per heavy atom. The van der Waals surface area contributed by atoms with E-state index >= 15 is 0 Å². The van der Waals surface area contributed by atoms with Crippen molar-refractivity contribution >= 4 is 5.97 Å². The van der Waals surface area contributed by atoms with Crippen LogP contribution in [-0.4, -0.2) is 38.1 Å². The molecule has 0 saturated carbocycles. The summed E-state index contributed by atoms with van der Waals surface area (Å²) in [6, 6.07) is 9.38. The minimum atomic E-state index is -1.13. The molecule has 0 spiro atoms. The molecule has 0 heterocycles. The van der Waals surface area contributed by atoms with Gasteiger partial charge in [-0.25, -0.2) is 4.79 Å². The molecule has 1 unspecified atom stereocenters. The lowest BCUT2D eigenvalue weighted by Crippen LogP contribution is -2.53. The highest BCUT2D eigenvalue weighted by Gasteiger charge is 2.38. The Bertz CT molecular complexity index is 406. The third kappa shape index (κ3) is 4.04. The minimum Gasteiger partial charge on any atom is -0.467 e. The van der Waals surface area contributed by atoms with Crippen LogP contribution >= 0.6 is 0 Å². The molecular weight excluding hydrogens is 240 g/mol. The highest BCUT2D eigenvalue weighted by atomic mass is 16.5. The summed E-state index contributed by atoms with van der Waals surface area (Å²) in [6.45, 7) is 5.58. The summed E-state index contributed by atoms with van der Waals surface area (Å²) in [5, 5.41) is 0. The Kier molecular flexibility index (Phi) is 5.51. The van der Waals surface area contributed by atoms with E-state index < -0.39 is 11.5 Å². The number of benzene rings is 1. The highest BCUT2D eigenvalue weighted by Crippen LogP contribution is 2.21. The van der Waals surface area contributed by atoms with Crippen molar-refractivity contribution < 1.29 is 9.53 Å². The van der Waals surface area contributed by atoms with E-state index in [0.29, 0.717) is 12.5 Å². The molecule has 4 nitrogen and oxygen atoms in total. The van der Waals surface area contributed by atoms with E-state index in [0.717, 1.165) is 12.1 Å². The maximum atomic E-state index is 12.1. The van der Waals surface area contributed by atoms with Gasteiger partial charge in [-0.3, -0.25) is 0 Å². The van der Waals surface area contributed by atoms with Crippen LogP contribution in [0.3, 0.4) is 0 Å². The maximum Gasteiger partial charge on any atom is 0.331 e. The van der Waals surface area contributed by atoms with Crippen LogP contribution in [0.2, 0.25) is 0 Å². The molecule has 0 saturated heterocycles. The van der Waals surface area contributed by atoms with Crippen molar-refractivity contribution in [3.8, 4) is 0 Å². The minimum absolute atomic E-state index is 0.408. The first-order valence-corrected chi connectivity index (χ1v) is 6.51. The van der Waals surface area contributed by atoms with Crippen molar-refractivity contribution in [1.29, 1.82) is 0 Å². The summed E-state index contributed by atoms with van der Waals surface area (Å²) < 4.78 is 4.89. The average Bonchev–Trinajstić information content (AvgIpc) is 2.37. The van der Waals surface area contributed by atoms with Gasteiger partial charge in [0.05, 0.1) is 7.11 Å². The normalized spacial score (nSPS) is 14.5. The van der Waals surface area contributed by atoms with Crippen LogP contribution in [0.15, 0.2) is 30.3 Å². The quantitative estimate of drug-likeness (QED) is 0.793. The van der Waals surface area contributed by atoms with E-state index in [1.165, 1.54) is 7.11 Å². The van der Waals surface area contributed by atoms with E-state index in [2.05, 4.69) is 18.7 Å². The molecule has 1 aromatic carbocycles. The van der Waals surface area contributed by atoms with Gasteiger partial charge in [0.1, 0.15) is 0 Å². The first-order valence-electron chi connectivity index (χ1n) is 6.51. The molecule has 0 amide bonds. The Morgan fingerprint density at radius 1 is 1.37 bits per heavy atom. The fourth-order valence-corrected chi connectivity index (χ4v) is 2.31. The molecule has 0 radical (unpaired) electrons. The van der Waals surface area contributed by atoms with Crippen LogP contribution in [0.1, 0.15) is 19.4 Å². The zero-order valence-electron chi connectivity index (χ0n) is 12.2. The van der Waals surface area contributed by atoms with Crippen molar-refractivity contribution in [2.75, 3.05) is 27.2 Å². The van der Waals surface area contributed by atoms with Crippen LogP contribution in [0.5, 0.6) is 0 Å². The third-order valence-electron chi connectivity index (χ3n) is 3.03. The lowest BCUT2D eigenvalue weighted by atomic mass is 9.90. The number of nitrogens with two attached hydrogens (primary N) is 1. The van der Waals surface area contributed by atoms with Gasteiger partial charge in [-0.2, -0.15) is 0 Å². The molecule has 0 aliphatic carbocycles. The predicted molar refractivity (Wildman–Crippen MR) is 76.7 cm³/mol. The Labute approximate surface area is 115 Å². The van der Waals surface area contributed by atoms with Crippen LogP contribution < -0.4 is 5.73 Å². The van der Waals surface area contributed by atoms with Gasteiger partial charge in [0.15, 0.2) is 5.54 Å². The summed E-state index contributed by atoms with van der Waals surface area (Å²) in [7, 11) is 3.34. The molecule has 0 aliphatic heterocycles. The topological polar surface area (TPSA) is 55.6 Å². The van der Waals surface area contributed by atoms with Gasteiger partial charge in [-0.05, 0) is 18.5 Å². The Morgan fingerprint density at radius 2 is 1.95 bits per heavy atom. The van der Waals surface area contributed by atoms with E-state index in [9.17, 15) is 4.79 Å². The van der Waals surface area contributed by atoms with E-state index in [1.807, 2.05) is 37.4 Å². The zero-order chi connectivity index (χ0) is 14.5. The molecule has 1 rings (SSSR count). The van der Waals surface area contributed by atoms with Gasteiger partial charge in [0.2, 0.25) is 0 Å². The Balaban J connectivity index is 2.98. The highest BCUT2D eigenvalue weighted by molar-refractivity contribution is 5.82. The van der Waals surface area contributed by atoms with Crippen molar-refractivity contribution in [1.82, 2.24) is 4.90 Å². The van der Waals surface area contributed by atoms with Gasteiger partial charge < -0.3 is 15.4 Å². The number of carbonyl (C=O) groups is 1. The van der Waals surface area contributed by atoms with E-state index in [1.54, 1.807) is 0 Å². The largest absolute Gasteiger partial charge is 0.467 e. The number of methoxy groups -OCH3 is 1. The van der Waals surface area contributed by atoms with Crippen LogP contribution in [-0.2, 0) is 15.1 Å². The molecule has 0 fully saturated rings. The summed E-state index contributed by atoms with van der Waals surface area (Å²) in [5.41, 5.74) is 5.98. The number of nitrogens with zero attached hydrogens (tertiary/aromatic N) is 1. The van der Waals surface area contributed by atoms with Crippen LogP contribution in [0.25, 0.3) is 0 Å². The molecule has 0 bridgehead atoms. The standard InChI is InChI=1S/C15H24N2O2/c1-12(2)10-17(3)11-15(16,14(18)19-4)13-8-6-5-7-9-13/h5-9,12H,10-11,16H2,1-4H3. The second-order valence-corrected chi connectivity index (χ2v) is 5.42. The molecule has 1 atom stereocenters. The van der Waals surface area contributed by atoms with Gasteiger partial charge in [-0.15, -0.1) is 0 Å². The number of hydrogen-bond donors (Lipinski definition) is 1. The van der Waals surface area contributed by atoms with E-state index in [4.69, 9.17) is 10.5 Å². The lowest BCUT2D eigenvalue weighted by Gasteiger charge is -2.32. The smallest absolute Gasteiger partial charge is 0.331 e. The second kappa shape index (κ2) is 6.68. The molecule has 19 heavy (non-hydrogen) atoms. The van der Waals surface area contributed by atoms with Crippen LogP contribution in [0, 0.1) is 5.92 Å². The van der Waals surface area contributed by atoms with Crippen molar-refractivity contribution in [2.24, 2.45) is 11.7 Å². The molecule has 4 heteroatoms. The first-order chi connectivity index (χ1) is 8.90. The first kappa shape index (κ1) is 15.7. The maximum absolute atomic E-state index is 12.1. The average molecular weight is 264 g/mol. The number of esters is 1. The summed E-state index contributed by atoms with van der Waals surface area (Å²) >= 11 is 0. The van der Waals surface area contributed by atoms with Gasteiger partial charge in [0, 0.05) is 13.1 Å². The fourth-order valence-electron chi connectivity index (χ4n) is 2.31. The number of hydrogen-bond acceptors (Lipinski definition) is 4. The molecule has 0 aromatic heterocycles. The van der Waals surface area contributed by atoms with Gasteiger partial charge in [-0.1, -0.05) is 44.2 Å². The summed E-state index contributed by atoms with van der Waals surface area (Å²) in [6.07, 6.45) is 0. The molecule has 2 N–H and O–H groups in total. The predicted octanol–water partition coefficient (Wildman–Crippen LogP) is 1.60. The van der Waals surface area contributed by atoms with Crippen LogP contribution in [0.4, 0.5) is 0 Å².